The van der Waals surface area contributed by atoms with E-state index in [4.69, 9.17) is 4.42 Å². The van der Waals surface area contributed by atoms with E-state index in [0.717, 1.165) is 0 Å². The molecule has 2 rings (SSSR count). The van der Waals surface area contributed by atoms with Gasteiger partial charge in [-0.15, -0.1) is 0 Å². The maximum absolute atomic E-state index is 13.6. The minimum absolute atomic E-state index is 0.180. The Morgan fingerprint density at radius 1 is 1.24 bits per heavy atom. The van der Waals surface area contributed by atoms with Crippen molar-refractivity contribution in [1.82, 2.24) is 0 Å². The number of benzene rings is 1. The highest BCUT2D eigenvalue weighted by Gasteiger charge is 2.15. The first-order valence-corrected chi connectivity index (χ1v) is 6.52. The molecule has 0 spiro atoms. The molecule has 1 N–H and O–H groups in total. The van der Waals surface area contributed by atoms with Crippen molar-refractivity contribution in [3.63, 3.8) is 0 Å². The van der Waals surface area contributed by atoms with Crippen LogP contribution in [-0.4, -0.2) is 5.11 Å². The Hall–Kier alpha value is -0.650. The molecule has 17 heavy (non-hydrogen) atoms. The van der Waals surface area contributed by atoms with Gasteiger partial charge in [0.2, 0.25) is 0 Å². The summed E-state index contributed by atoms with van der Waals surface area (Å²) in [7, 11) is 0. The fourth-order valence-corrected chi connectivity index (χ4v) is 2.16. The van der Waals surface area contributed by atoms with Gasteiger partial charge < -0.3 is 9.52 Å². The maximum Gasteiger partial charge on any atom is 0.169 e. The summed E-state index contributed by atoms with van der Waals surface area (Å²) in [5.74, 6) is 0.0724. The van der Waals surface area contributed by atoms with Crippen LogP contribution < -0.4 is 0 Å². The van der Waals surface area contributed by atoms with Crippen molar-refractivity contribution in [1.29, 1.82) is 0 Å². The number of furan rings is 1. The zero-order valence-electron chi connectivity index (χ0n) is 8.66. The predicted molar refractivity (Wildman–Crippen MR) is 69.2 cm³/mol. The lowest BCUT2D eigenvalue weighted by Crippen LogP contribution is -2.02. The lowest BCUT2D eigenvalue weighted by Gasteiger charge is -2.08. The van der Waals surface area contributed by atoms with Crippen molar-refractivity contribution >= 4 is 31.9 Å². The average molecular weight is 364 g/mol. The summed E-state index contributed by atoms with van der Waals surface area (Å²) in [6.07, 6.45) is -0.670. The number of rotatable bonds is 3. The quantitative estimate of drug-likeness (QED) is 0.885. The van der Waals surface area contributed by atoms with Crippen LogP contribution in [0.1, 0.15) is 17.4 Å². The summed E-state index contributed by atoms with van der Waals surface area (Å²) in [6, 6.07) is 8.10. The Bertz CT molecular complexity index is 525. The minimum atomic E-state index is -0.850. The van der Waals surface area contributed by atoms with E-state index in [0.29, 0.717) is 20.5 Å². The van der Waals surface area contributed by atoms with Gasteiger partial charge in [0, 0.05) is 10.9 Å². The average Bonchev–Trinajstić information content (AvgIpc) is 2.69. The van der Waals surface area contributed by atoms with Crippen molar-refractivity contribution in [2.75, 3.05) is 0 Å². The highest BCUT2D eigenvalue weighted by atomic mass is 79.9. The third kappa shape index (κ3) is 3.18. The predicted octanol–water partition coefficient (Wildman–Crippen LogP) is 4.22. The van der Waals surface area contributed by atoms with Gasteiger partial charge in [0.15, 0.2) is 4.67 Å². The smallest absolute Gasteiger partial charge is 0.169 e. The van der Waals surface area contributed by atoms with E-state index in [1.165, 1.54) is 6.07 Å². The summed E-state index contributed by atoms with van der Waals surface area (Å²) in [5.41, 5.74) is 0.452. The van der Waals surface area contributed by atoms with E-state index in [1.807, 2.05) is 0 Å². The van der Waals surface area contributed by atoms with E-state index in [2.05, 4.69) is 31.9 Å². The van der Waals surface area contributed by atoms with Crippen molar-refractivity contribution in [3.8, 4) is 0 Å². The fourth-order valence-electron chi connectivity index (χ4n) is 1.50. The van der Waals surface area contributed by atoms with Crippen LogP contribution in [0.15, 0.2) is 43.9 Å². The Balaban J connectivity index is 2.15. The van der Waals surface area contributed by atoms with Gasteiger partial charge in [-0.2, -0.15) is 0 Å². The lowest BCUT2D eigenvalue weighted by atomic mass is 10.1. The number of aliphatic hydroxyl groups excluding tert-OH is 1. The van der Waals surface area contributed by atoms with Crippen LogP contribution in [-0.2, 0) is 6.42 Å². The molecule has 1 atom stereocenters. The molecule has 2 aromatic rings. The van der Waals surface area contributed by atoms with Crippen LogP contribution in [0.2, 0.25) is 0 Å². The van der Waals surface area contributed by atoms with Crippen LogP contribution in [0.4, 0.5) is 4.39 Å². The van der Waals surface area contributed by atoms with Gasteiger partial charge in [-0.3, -0.25) is 0 Å². The SMILES string of the molecule is OC(Cc1ccc(Br)cc1F)c1ccc(Br)o1. The van der Waals surface area contributed by atoms with E-state index in [-0.39, 0.29) is 12.2 Å². The zero-order valence-corrected chi connectivity index (χ0v) is 11.8. The van der Waals surface area contributed by atoms with Crippen LogP contribution in [0.25, 0.3) is 0 Å². The molecular formula is C12H9Br2FO2. The third-order valence-corrected chi connectivity index (χ3v) is 3.27. The number of halogens is 3. The highest BCUT2D eigenvalue weighted by Crippen LogP contribution is 2.25. The van der Waals surface area contributed by atoms with Crippen molar-refractivity contribution in [2.24, 2.45) is 0 Å². The van der Waals surface area contributed by atoms with Gasteiger partial charge in [-0.05, 0) is 45.8 Å². The molecule has 0 fully saturated rings. The molecule has 1 heterocycles. The molecule has 2 nitrogen and oxygen atoms in total. The minimum Gasteiger partial charge on any atom is -0.452 e. The zero-order chi connectivity index (χ0) is 12.4. The summed E-state index contributed by atoms with van der Waals surface area (Å²) in [4.78, 5) is 0. The molecule has 0 aliphatic carbocycles. The molecule has 0 aliphatic heterocycles. The van der Waals surface area contributed by atoms with Crippen LogP contribution in [0, 0.1) is 5.82 Å². The standard InChI is InChI=1S/C12H9Br2FO2/c13-8-2-1-7(9(15)6-8)5-10(16)11-3-4-12(14)17-11/h1-4,6,10,16H,5H2. The van der Waals surface area contributed by atoms with E-state index in [1.54, 1.807) is 24.3 Å². The topological polar surface area (TPSA) is 33.4 Å². The van der Waals surface area contributed by atoms with Crippen molar-refractivity contribution < 1.29 is 13.9 Å². The number of aliphatic hydroxyl groups is 1. The molecule has 1 aromatic heterocycles. The van der Waals surface area contributed by atoms with Gasteiger partial charge in [-0.1, -0.05) is 22.0 Å². The van der Waals surface area contributed by atoms with Gasteiger partial charge >= 0.3 is 0 Å². The summed E-state index contributed by atoms with van der Waals surface area (Å²) >= 11 is 6.34. The second-order valence-electron chi connectivity index (χ2n) is 3.60. The molecule has 90 valence electrons. The van der Waals surface area contributed by atoms with Crippen molar-refractivity contribution in [3.05, 3.63) is 56.6 Å². The molecule has 0 aliphatic rings. The first-order chi connectivity index (χ1) is 8.06. The fraction of sp³-hybridized carbons (Fsp3) is 0.167. The van der Waals surface area contributed by atoms with Crippen LogP contribution in [0.3, 0.4) is 0 Å². The first-order valence-electron chi connectivity index (χ1n) is 4.93. The van der Waals surface area contributed by atoms with Crippen LogP contribution >= 0.6 is 31.9 Å². The summed E-state index contributed by atoms with van der Waals surface area (Å²) in [6.45, 7) is 0. The highest BCUT2D eigenvalue weighted by molar-refractivity contribution is 9.10. The van der Waals surface area contributed by atoms with Gasteiger partial charge in [0.1, 0.15) is 17.7 Å². The van der Waals surface area contributed by atoms with Crippen molar-refractivity contribution in [2.45, 2.75) is 12.5 Å². The molecule has 5 heteroatoms. The second kappa shape index (κ2) is 5.33. The van der Waals surface area contributed by atoms with E-state index >= 15 is 0 Å². The molecular weight excluding hydrogens is 355 g/mol. The molecule has 1 unspecified atom stereocenters. The number of hydrogen-bond donors (Lipinski definition) is 1. The van der Waals surface area contributed by atoms with Gasteiger partial charge in [-0.25, -0.2) is 4.39 Å². The van der Waals surface area contributed by atoms with Crippen LogP contribution in [0.5, 0.6) is 0 Å². The molecule has 1 aromatic carbocycles. The molecule has 0 amide bonds. The normalized spacial score (nSPS) is 12.7. The molecule has 0 bridgehead atoms. The van der Waals surface area contributed by atoms with Gasteiger partial charge in [0.25, 0.3) is 0 Å². The lowest BCUT2D eigenvalue weighted by molar-refractivity contribution is 0.147. The Morgan fingerprint density at radius 2 is 2.00 bits per heavy atom. The monoisotopic (exact) mass is 362 g/mol. The summed E-state index contributed by atoms with van der Waals surface area (Å²) < 4.78 is 20.0. The Morgan fingerprint density at radius 3 is 2.59 bits per heavy atom. The number of hydrogen-bond acceptors (Lipinski definition) is 2. The second-order valence-corrected chi connectivity index (χ2v) is 5.29. The Labute approximate surface area is 115 Å². The largest absolute Gasteiger partial charge is 0.452 e. The maximum atomic E-state index is 13.6. The van der Waals surface area contributed by atoms with E-state index < -0.39 is 6.10 Å². The van der Waals surface area contributed by atoms with Gasteiger partial charge in [0.05, 0.1) is 0 Å². The Kier molecular flexibility index (Phi) is 4.01. The molecule has 0 saturated heterocycles. The first kappa shape index (κ1) is 12.8. The molecule has 0 saturated carbocycles. The summed E-state index contributed by atoms with van der Waals surface area (Å²) in [5, 5.41) is 9.89. The molecule has 0 radical (unpaired) electrons. The third-order valence-electron chi connectivity index (χ3n) is 2.35. The van der Waals surface area contributed by atoms with E-state index in [9.17, 15) is 9.50 Å².